The van der Waals surface area contributed by atoms with Crippen molar-refractivity contribution in [3.63, 3.8) is 0 Å². The van der Waals surface area contributed by atoms with Gasteiger partial charge in [-0.1, -0.05) is 17.9 Å². The lowest BCUT2D eigenvalue weighted by molar-refractivity contribution is 0.0958. The normalized spacial score (nSPS) is 12.8. The van der Waals surface area contributed by atoms with Crippen molar-refractivity contribution in [3.05, 3.63) is 59.7 Å². The van der Waals surface area contributed by atoms with Gasteiger partial charge in [0, 0.05) is 49.7 Å². The second kappa shape index (κ2) is 8.28. The number of nitrogens with zero attached hydrogens (tertiary/aromatic N) is 2. The van der Waals surface area contributed by atoms with E-state index < -0.39 is 0 Å². The van der Waals surface area contributed by atoms with Crippen LogP contribution in [0.25, 0.3) is 0 Å². The van der Waals surface area contributed by atoms with E-state index in [1.54, 1.807) is 11.0 Å². The zero-order valence-electron chi connectivity index (χ0n) is 15.5. The number of carbonyl (C=O) groups excluding carboxylic acids is 2. The van der Waals surface area contributed by atoms with Crippen LogP contribution in [0.15, 0.2) is 48.5 Å². The van der Waals surface area contributed by atoms with Crippen molar-refractivity contribution in [3.8, 4) is 11.8 Å². The molecule has 0 aromatic heterocycles. The first-order valence-corrected chi connectivity index (χ1v) is 8.74. The molecule has 0 radical (unpaired) electrons. The highest BCUT2D eigenvalue weighted by Gasteiger charge is 2.20. The summed E-state index contributed by atoms with van der Waals surface area (Å²) in [6.45, 7) is 1.60. The Kier molecular flexibility index (Phi) is 5.62. The fourth-order valence-corrected chi connectivity index (χ4v) is 2.74. The molecule has 138 valence electrons. The number of anilines is 2. The molecule has 1 aliphatic heterocycles. The summed E-state index contributed by atoms with van der Waals surface area (Å²) in [6.07, 6.45) is 0. The summed E-state index contributed by atoms with van der Waals surface area (Å²) < 4.78 is 0. The van der Waals surface area contributed by atoms with Gasteiger partial charge in [-0.05, 0) is 42.5 Å². The van der Waals surface area contributed by atoms with E-state index in [9.17, 15) is 9.59 Å². The van der Waals surface area contributed by atoms with Crippen molar-refractivity contribution in [2.75, 3.05) is 43.5 Å². The lowest BCUT2D eigenvalue weighted by Crippen LogP contribution is -2.27. The van der Waals surface area contributed by atoms with Crippen molar-refractivity contribution in [2.24, 2.45) is 0 Å². The topological polar surface area (TPSA) is 64.7 Å². The molecule has 1 fully saturated rings. The summed E-state index contributed by atoms with van der Waals surface area (Å²) in [5.74, 6) is 5.82. The van der Waals surface area contributed by atoms with E-state index >= 15 is 0 Å². The summed E-state index contributed by atoms with van der Waals surface area (Å²) in [6, 6.07) is 14.9. The molecule has 0 atom stereocenters. The summed E-state index contributed by atoms with van der Waals surface area (Å²) >= 11 is 0. The number of hydrogen-bond acceptors (Lipinski definition) is 3. The van der Waals surface area contributed by atoms with Gasteiger partial charge in [-0.15, -0.1) is 0 Å². The minimum Gasteiger partial charge on any atom is -0.378 e. The van der Waals surface area contributed by atoms with Crippen molar-refractivity contribution in [1.29, 1.82) is 0 Å². The fourth-order valence-electron chi connectivity index (χ4n) is 2.74. The van der Waals surface area contributed by atoms with Gasteiger partial charge < -0.3 is 15.5 Å². The highest BCUT2D eigenvalue weighted by Crippen LogP contribution is 2.17. The molecule has 2 aromatic rings. The smallest absolute Gasteiger partial charge is 0.321 e. The molecule has 0 saturated carbocycles. The van der Waals surface area contributed by atoms with Gasteiger partial charge >= 0.3 is 6.03 Å². The highest BCUT2D eigenvalue weighted by atomic mass is 16.2. The lowest BCUT2D eigenvalue weighted by atomic mass is 10.2. The fraction of sp³-hybridized carbons (Fsp3) is 0.238. The van der Waals surface area contributed by atoms with Crippen LogP contribution < -0.4 is 20.4 Å². The van der Waals surface area contributed by atoms with E-state index in [2.05, 4.69) is 22.5 Å². The molecule has 6 heteroatoms. The van der Waals surface area contributed by atoms with Crippen LogP contribution in [0.5, 0.6) is 0 Å². The number of urea groups is 1. The molecule has 3 amide bonds. The Hall–Kier alpha value is -3.46. The molecule has 0 unspecified atom stereocenters. The van der Waals surface area contributed by atoms with Gasteiger partial charge in [0.25, 0.3) is 5.91 Å². The SMILES string of the molecule is CN(C)c1cccc(C(=O)NCC#Cc2ccc(N3CCNC3=O)cc2)c1. The van der Waals surface area contributed by atoms with Crippen molar-refractivity contribution in [2.45, 2.75) is 0 Å². The Bertz CT molecular complexity index is 894. The van der Waals surface area contributed by atoms with Crippen LogP contribution in [-0.4, -0.2) is 45.7 Å². The van der Waals surface area contributed by atoms with Gasteiger partial charge in [-0.25, -0.2) is 4.79 Å². The van der Waals surface area contributed by atoms with Crippen molar-refractivity contribution < 1.29 is 9.59 Å². The highest BCUT2D eigenvalue weighted by molar-refractivity contribution is 5.95. The molecule has 0 spiro atoms. The van der Waals surface area contributed by atoms with E-state index in [1.165, 1.54) is 0 Å². The molecular formula is C21H22N4O2. The molecule has 3 rings (SSSR count). The maximum Gasteiger partial charge on any atom is 0.321 e. The third kappa shape index (κ3) is 4.59. The van der Waals surface area contributed by atoms with Crippen LogP contribution in [0.4, 0.5) is 16.2 Å². The van der Waals surface area contributed by atoms with Crippen LogP contribution >= 0.6 is 0 Å². The predicted octanol–water partition coefficient (Wildman–Crippen LogP) is 2.06. The van der Waals surface area contributed by atoms with Gasteiger partial charge in [0.15, 0.2) is 0 Å². The second-order valence-electron chi connectivity index (χ2n) is 6.36. The molecule has 6 nitrogen and oxygen atoms in total. The van der Waals surface area contributed by atoms with Crippen LogP contribution in [0.2, 0.25) is 0 Å². The maximum absolute atomic E-state index is 12.2. The van der Waals surface area contributed by atoms with Crippen molar-refractivity contribution >= 4 is 23.3 Å². The number of hydrogen-bond donors (Lipinski definition) is 2. The Balaban J connectivity index is 1.55. The molecule has 2 aromatic carbocycles. The molecule has 0 aliphatic carbocycles. The molecule has 1 aliphatic rings. The van der Waals surface area contributed by atoms with Gasteiger partial charge in [-0.2, -0.15) is 0 Å². The van der Waals surface area contributed by atoms with E-state index in [0.717, 1.165) is 16.9 Å². The molecule has 2 N–H and O–H groups in total. The van der Waals surface area contributed by atoms with Gasteiger partial charge in [0.05, 0.1) is 6.54 Å². The first-order chi connectivity index (χ1) is 13.0. The average molecular weight is 362 g/mol. The largest absolute Gasteiger partial charge is 0.378 e. The second-order valence-corrected chi connectivity index (χ2v) is 6.36. The van der Waals surface area contributed by atoms with Crippen LogP contribution in [0, 0.1) is 11.8 Å². The van der Waals surface area contributed by atoms with Gasteiger partial charge in [0.1, 0.15) is 0 Å². The third-order valence-electron chi connectivity index (χ3n) is 4.23. The maximum atomic E-state index is 12.2. The zero-order chi connectivity index (χ0) is 19.2. The van der Waals surface area contributed by atoms with Crippen LogP contribution in [0.1, 0.15) is 15.9 Å². The Morgan fingerprint density at radius 2 is 2.00 bits per heavy atom. The monoisotopic (exact) mass is 362 g/mol. The summed E-state index contributed by atoms with van der Waals surface area (Å²) in [7, 11) is 3.87. The summed E-state index contributed by atoms with van der Waals surface area (Å²) in [4.78, 5) is 27.5. The van der Waals surface area contributed by atoms with Crippen molar-refractivity contribution in [1.82, 2.24) is 10.6 Å². The van der Waals surface area contributed by atoms with Crippen LogP contribution in [-0.2, 0) is 0 Å². The molecule has 27 heavy (non-hydrogen) atoms. The predicted molar refractivity (Wildman–Crippen MR) is 107 cm³/mol. The Labute approximate surface area is 159 Å². The van der Waals surface area contributed by atoms with Crippen LogP contribution in [0.3, 0.4) is 0 Å². The summed E-state index contributed by atoms with van der Waals surface area (Å²) in [5, 5.41) is 5.58. The standard InChI is InChI=1S/C21H22N4O2/c1-24(2)19-7-3-6-17(15-19)20(26)22-12-4-5-16-8-10-18(11-9-16)25-14-13-23-21(25)27/h3,6-11,15H,12-14H2,1-2H3,(H,22,26)(H,23,27). The molecule has 0 bridgehead atoms. The zero-order valence-corrected chi connectivity index (χ0v) is 15.5. The number of amides is 3. The van der Waals surface area contributed by atoms with E-state index in [-0.39, 0.29) is 18.5 Å². The number of benzene rings is 2. The number of carbonyl (C=O) groups is 2. The first-order valence-electron chi connectivity index (χ1n) is 8.74. The Morgan fingerprint density at radius 3 is 2.67 bits per heavy atom. The summed E-state index contributed by atoms with van der Waals surface area (Å²) in [5.41, 5.74) is 3.27. The number of nitrogens with one attached hydrogen (secondary N) is 2. The van der Waals surface area contributed by atoms with Gasteiger partial charge in [0.2, 0.25) is 0 Å². The Morgan fingerprint density at radius 1 is 1.22 bits per heavy atom. The minimum atomic E-state index is -0.150. The molecule has 1 saturated heterocycles. The third-order valence-corrected chi connectivity index (χ3v) is 4.23. The lowest BCUT2D eigenvalue weighted by Gasteiger charge is -2.13. The number of rotatable bonds is 4. The van der Waals surface area contributed by atoms with E-state index in [0.29, 0.717) is 18.7 Å². The van der Waals surface area contributed by atoms with Gasteiger partial charge in [-0.3, -0.25) is 9.69 Å². The molecule has 1 heterocycles. The minimum absolute atomic E-state index is 0.0742. The van der Waals surface area contributed by atoms with E-state index in [4.69, 9.17) is 0 Å². The average Bonchev–Trinajstić information content (AvgIpc) is 3.11. The molecular weight excluding hydrogens is 340 g/mol. The quantitative estimate of drug-likeness (QED) is 0.819. The first kappa shape index (κ1) is 18.3. The van der Waals surface area contributed by atoms with E-state index in [1.807, 2.05) is 61.5 Å².